The Bertz CT molecular complexity index is 945. The fourth-order valence-corrected chi connectivity index (χ4v) is 4.81. The summed E-state index contributed by atoms with van der Waals surface area (Å²) in [7, 11) is 0. The molecule has 0 heterocycles. The van der Waals surface area contributed by atoms with Crippen LogP contribution in [0.2, 0.25) is 0 Å². The van der Waals surface area contributed by atoms with Crippen LogP contribution in [0.4, 0.5) is 0 Å². The Kier molecular flexibility index (Phi) is 4.83. The van der Waals surface area contributed by atoms with Crippen molar-refractivity contribution >= 4 is 54.6 Å². The molecule has 2 aliphatic carbocycles. The molecule has 2 atom stereocenters. The van der Waals surface area contributed by atoms with Crippen molar-refractivity contribution in [3.05, 3.63) is 82.9 Å². The highest BCUT2D eigenvalue weighted by molar-refractivity contribution is 9.13. The van der Waals surface area contributed by atoms with Crippen LogP contribution in [0.15, 0.2) is 71.8 Å². The van der Waals surface area contributed by atoms with E-state index in [1.807, 2.05) is 60.7 Å². The van der Waals surface area contributed by atoms with Crippen LogP contribution in [0.3, 0.4) is 0 Å². The molecule has 0 saturated carbocycles. The van der Waals surface area contributed by atoms with E-state index < -0.39 is 0 Å². The third kappa shape index (κ3) is 3.07. The molecule has 2 aromatic rings. The Balaban J connectivity index is 1.96. The molecule has 2 unspecified atom stereocenters. The number of halogens is 2. The van der Waals surface area contributed by atoms with Crippen LogP contribution in [0.1, 0.15) is 37.8 Å². The number of allylic oxidation sites excluding steroid dienone is 4. The van der Waals surface area contributed by atoms with Gasteiger partial charge in [-0.15, -0.1) is 0 Å². The molecule has 4 rings (SSSR count). The van der Waals surface area contributed by atoms with E-state index >= 15 is 0 Å². The first-order valence-electron chi connectivity index (χ1n) is 9.27. The second-order valence-electron chi connectivity index (χ2n) is 7.85. The van der Waals surface area contributed by atoms with Gasteiger partial charge in [-0.3, -0.25) is 9.59 Å². The molecule has 4 heteroatoms. The SMILES string of the molecule is CC1(Br)CC2=C(CC1(C)Br)C(=O)C(c1ccccc1)=C(c1ccccc1)C2=O. The van der Waals surface area contributed by atoms with E-state index in [-0.39, 0.29) is 20.2 Å². The van der Waals surface area contributed by atoms with Crippen LogP contribution in [-0.4, -0.2) is 20.2 Å². The molecule has 0 amide bonds. The smallest absolute Gasteiger partial charge is 0.190 e. The summed E-state index contributed by atoms with van der Waals surface area (Å²) < 4.78 is -0.637. The van der Waals surface area contributed by atoms with Gasteiger partial charge in [0.2, 0.25) is 0 Å². The summed E-state index contributed by atoms with van der Waals surface area (Å²) in [5, 5.41) is 0. The van der Waals surface area contributed by atoms with Crippen molar-refractivity contribution in [1.29, 1.82) is 0 Å². The van der Waals surface area contributed by atoms with Crippen molar-refractivity contribution in [2.24, 2.45) is 0 Å². The minimum Gasteiger partial charge on any atom is -0.289 e. The lowest BCUT2D eigenvalue weighted by molar-refractivity contribution is -0.114. The highest BCUT2D eigenvalue weighted by atomic mass is 79.9. The number of carbonyl (C=O) groups excluding carboxylic acids is 2. The Morgan fingerprint density at radius 1 is 0.643 bits per heavy atom. The van der Waals surface area contributed by atoms with Gasteiger partial charge in [-0.1, -0.05) is 92.5 Å². The number of rotatable bonds is 2. The summed E-state index contributed by atoms with van der Waals surface area (Å²) in [5.74, 6) is -0.0679. The summed E-state index contributed by atoms with van der Waals surface area (Å²) >= 11 is 7.60. The van der Waals surface area contributed by atoms with E-state index in [9.17, 15) is 9.59 Å². The lowest BCUT2D eigenvalue weighted by Gasteiger charge is -2.44. The van der Waals surface area contributed by atoms with Crippen LogP contribution < -0.4 is 0 Å². The van der Waals surface area contributed by atoms with Gasteiger partial charge in [-0.25, -0.2) is 0 Å². The second kappa shape index (κ2) is 6.93. The van der Waals surface area contributed by atoms with Gasteiger partial charge in [0.15, 0.2) is 11.6 Å². The number of benzene rings is 2. The predicted octanol–water partition coefficient (Wildman–Crippen LogP) is 6.15. The van der Waals surface area contributed by atoms with Crippen LogP contribution in [0.25, 0.3) is 11.1 Å². The zero-order chi connectivity index (χ0) is 20.1. The third-order valence-electron chi connectivity index (χ3n) is 5.85. The van der Waals surface area contributed by atoms with Gasteiger partial charge in [0.1, 0.15) is 0 Å². The lowest BCUT2D eigenvalue weighted by Crippen LogP contribution is -2.46. The molecule has 0 aromatic heterocycles. The molecular formula is C24H20Br2O2. The minimum atomic E-state index is -0.319. The first-order chi connectivity index (χ1) is 13.2. The highest BCUT2D eigenvalue weighted by Gasteiger charge is 2.50. The average molecular weight is 500 g/mol. The van der Waals surface area contributed by atoms with Crippen LogP contribution in [0.5, 0.6) is 0 Å². The van der Waals surface area contributed by atoms with Gasteiger partial charge in [-0.2, -0.15) is 0 Å². The zero-order valence-corrected chi connectivity index (χ0v) is 18.9. The second-order valence-corrected chi connectivity index (χ2v) is 11.3. The van der Waals surface area contributed by atoms with E-state index in [4.69, 9.17) is 0 Å². The van der Waals surface area contributed by atoms with E-state index in [0.29, 0.717) is 35.1 Å². The third-order valence-corrected chi connectivity index (χ3v) is 8.69. The van der Waals surface area contributed by atoms with E-state index in [0.717, 1.165) is 11.1 Å². The van der Waals surface area contributed by atoms with E-state index in [1.54, 1.807) is 0 Å². The maximum absolute atomic E-state index is 13.7. The van der Waals surface area contributed by atoms with E-state index in [2.05, 4.69) is 45.7 Å². The fourth-order valence-electron chi connectivity index (χ4n) is 3.97. The van der Waals surface area contributed by atoms with Gasteiger partial charge >= 0.3 is 0 Å². The van der Waals surface area contributed by atoms with Crippen LogP contribution in [-0.2, 0) is 9.59 Å². The monoisotopic (exact) mass is 498 g/mol. The normalized spacial score (nSPS) is 27.9. The molecular weight excluding hydrogens is 480 g/mol. The first kappa shape index (κ1) is 19.5. The molecule has 0 aliphatic heterocycles. The molecule has 0 saturated heterocycles. The summed E-state index contributed by atoms with van der Waals surface area (Å²) in [6, 6.07) is 19.0. The highest BCUT2D eigenvalue weighted by Crippen LogP contribution is 2.54. The molecule has 0 spiro atoms. The first-order valence-corrected chi connectivity index (χ1v) is 10.9. The number of Topliss-reactive ketones (excluding diaryl/α,β-unsaturated/α-hetero) is 2. The van der Waals surface area contributed by atoms with Crippen molar-refractivity contribution in [3.8, 4) is 0 Å². The lowest BCUT2D eigenvalue weighted by atomic mass is 9.68. The topological polar surface area (TPSA) is 34.1 Å². The van der Waals surface area contributed by atoms with Gasteiger partial charge in [-0.05, 0) is 37.8 Å². The Morgan fingerprint density at radius 2 is 0.964 bits per heavy atom. The number of alkyl halides is 2. The predicted molar refractivity (Wildman–Crippen MR) is 121 cm³/mol. The Labute approximate surface area is 182 Å². The minimum absolute atomic E-state index is 0.0340. The molecule has 0 radical (unpaired) electrons. The summed E-state index contributed by atoms with van der Waals surface area (Å²) in [5.41, 5.74) is 3.87. The number of hydrogen-bond acceptors (Lipinski definition) is 2. The quantitative estimate of drug-likeness (QED) is 0.367. The van der Waals surface area contributed by atoms with Crippen molar-refractivity contribution in [1.82, 2.24) is 0 Å². The van der Waals surface area contributed by atoms with Crippen molar-refractivity contribution in [3.63, 3.8) is 0 Å². The zero-order valence-electron chi connectivity index (χ0n) is 15.8. The summed E-state index contributed by atoms with van der Waals surface area (Å²) in [6.45, 7) is 4.14. The molecule has 0 bridgehead atoms. The van der Waals surface area contributed by atoms with Crippen molar-refractivity contribution in [2.75, 3.05) is 0 Å². The summed E-state index contributed by atoms with van der Waals surface area (Å²) in [4.78, 5) is 27.4. The molecule has 0 fully saturated rings. The molecule has 2 aromatic carbocycles. The number of carbonyl (C=O) groups is 2. The van der Waals surface area contributed by atoms with Crippen LogP contribution >= 0.6 is 31.9 Å². The number of ketones is 2. The molecule has 142 valence electrons. The van der Waals surface area contributed by atoms with E-state index in [1.165, 1.54) is 0 Å². The largest absolute Gasteiger partial charge is 0.289 e. The van der Waals surface area contributed by atoms with Gasteiger partial charge in [0.05, 0.1) is 0 Å². The van der Waals surface area contributed by atoms with Gasteiger partial charge in [0, 0.05) is 30.9 Å². The molecule has 28 heavy (non-hydrogen) atoms. The standard InChI is InChI=1S/C24H20Br2O2/c1-23(25)13-17-18(14-24(23,2)26)22(28)20(16-11-7-4-8-12-16)19(21(17)27)15-9-5-3-6-10-15/h3-12H,13-14H2,1-2H3. The van der Waals surface area contributed by atoms with Gasteiger partial charge < -0.3 is 0 Å². The molecule has 2 aliphatic rings. The molecule has 2 nitrogen and oxygen atoms in total. The summed E-state index contributed by atoms with van der Waals surface area (Å²) in [6.07, 6.45) is 1.01. The van der Waals surface area contributed by atoms with Gasteiger partial charge in [0.25, 0.3) is 0 Å². The Morgan fingerprint density at radius 3 is 1.29 bits per heavy atom. The Hall–Kier alpha value is -1.78. The van der Waals surface area contributed by atoms with Crippen molar-refractivity contribution in [2.45, 2.75) is 35.3 Å². The maximum Gasteiger partial charge on any atom is 0.190 e. The molecule has 0 N–H and O–H groups in total. The number of hydrogen-bond donors (Lipinski definition) is 0. The average Bonchev–Trinajstić information content (AvgIpc) is 2.67. The van der Waals surface area contributed by atoms with Crippen molar-refractivity contribution < 1.29 is 9.59 Å². The van der Waals surface area contributed by atoms with Crippen LogP contribution in [0, 0.1) is 0 Å². The maximum atomic E-state index is 13.7. The fraction of sp³-hybridized carbons (Fsp3) is 0.250.